The van der Waals surface area contributed by atoms with Crippen LogP contribution in [-0.4, -0.2) is 18.8 Å². The molecule has 19 heavy (non-hydrogen) atoms. The summed E-state index contributed by atoms with van der Waals surface area (Å²) in [4.78, 5) is 0. The number of rotatable bonds is 6. The first kappa shape index (κ1) is 13.7. The zero-order chi connectivity index (χ0) is 13.9. The van der Waals surface area contributed by atoms with Gasteiger partial charge in [0.05, 0.1) is 32.3 Å². The van der Waals surface area contributed by atoms with Crippen molar-refractivity contribution in [2.75, 3.05) is 13.7 Å². The zero-order valence-corrected chi connectivity index (χ0v) is 11.3. The summed E-state index contributed by atoms with van der Waals surface area (Å²) in [7, 11) is 1.59. The van der Waals surface area contributed by atoms with E-state index < -0.39 is 6.10 Å². The Kier molecular flexibility index (Phi) is 3.96. The van der Waals surface area contributed by atoms with Crippen LogP contribution in [0.25, 0.3) is 0 Å². The summed E-state index contributed by atoms with van der Waals surface area (Å²) < 4.78 is 11.1. The molecule has 0 aromatic heterocycles. The lowest BCUT2D eigenvalue weighted by Crippen LogP contribution is -2.10. The molecule has 1 aliphatic carbocycles. The number of aliphatic hydroxyl groups excluding tert-OH is 1. The van der Waals surface area contributed by atoms with E-state index >= 15 is 0 Å². The summed E-state index contributed by atoms with van der Waals surface area (Å²) in [6, 6.07) is 7.24. The number of nitriles is 1. The van der Waals surface area contributed by atoms with E-state index in [0.29, 0.717) is 23.7 Å². The van der Waals surface area contributed by atoms with Gasteiger partial charge in [-0.1, -0.05) is 13.0 Å². The van der Waals surface area contributed by atoms with E-state index in [4.69, 9.17) is 14.7 Å². The normalized spacial score (nSPS) is 17.4. The Morgan fingerprint density at radius 1 is 1.42 bits per heavy atom. The summed E-state index contributed by atoms with van der Waals surface area (Å²) in [5.41, 5.74) is 0.963. The van der Waals surface area contributed by atoms with Gasteiger partial charge >= 0.3 is 0 Å². The van der Waals surface area contributed by atoms with Crippen LogP contribution in [0.4, 0.5) is 0 Å². The third kappa shape index (κ3) is 3.39. The molecule has 0 spiro atoms. The molecule has 0 heterocycles. The van der Waals surface area contributed by atoms with Crippen molar-refractivity contribution in [1.82, 2.24) is 0 Å². The van der Waals surface area contributed by atoms with Gasteiger partial charge in [0.2, 0.25) is 0 Å². The van der Waals surface area contributed by atoms with Gasteiger partial charge in [-0.3, -0.25) is 0 Å². The number of methoxy groups -OCH3 is 1. The van der Waals surface area contributed by atoms with Crippen LogP contribution in [0, 0.1) is 16.7 Å². The molecule has 1 aliphatic rings. The minimum atomic E-state index is -0.783. The average Bonchev–Trinajstić information content (AvgIpc) is 3.15. The Labute approximate surface area is 113 Å². The van der Waals surface area contributed by atoms with E-state index in [-0.39, 0.29) is 11.8 Å². The summed E-state index contributed by atoms with van der Waals surface area (Å²) in [6.07, 6.45) is 1.66. The Balaban J connectivity index is 2.13. The molecule has 1 unspecified atom stereocenters. The summed E-state index contributed by atoms with van der Waals surface area (Å²) in [5, 5.41) is 18.5. The van der Waals surface area contributed by atoms with E-state index in [2.05, 4.69) is 6.92 Å². The van der Waals surface area contributed by atoms with Crippen molar-refractivity contribution in [2.24, 2.45) is 5.41 Å². The number of aliphatic hydroxyl groups is 1. The topological polar surface area (TPSA) is 62.5 Å². The van der Waals surface area contributed by atoms with E-state index in [1.807, 2.05) is 6.07 Å². The molecule has 4 heteroatoms. The maximum absolute atomic E-state index is 9.83. The van der Waals surface area contributed by atoms with Crippen molar-refractivity contribution < 1.29 is 14.6 Å². The van der Waals surface area contributed by atoms with Crippen LogP contribution in [-0.2, 0) is 0 Å². The number of nitrogens with zero attached hydrogens (tertiary/aromatic N) is 1. The highest BCUT2D eigenvalue weighted by Gasteiger charge is 2.38. The van der Waals surface area contributed by atoms with Gasteiger partial charge in [-0.2, -0.15) is 5.26 Å². The smallest absolute Gasteiger partial charge is 0.161 e. The van der Waals surface area contributed by atoms with Crippen molar-refractivity contribution >= 4 is 0 Å². The van der Waals surface area contributed by atoms with Crippen molar-refractivity contribution in [1.29, 1.82) is 5.26 Å². The van der Waals surface area contributed by atoms with Crippen molar-refractivity contribution in [3.63, 3.8) is 0 Å². The molecular formula is C15H19NO3. The molecule has 1 fully saturated rings. The largest absolute Gasteiger partial charge is 0.493 e. The average molecular weight is 261 g/mol. The Bertz CT molecular complexity index is 489. The third-order valence-corrected chi connectivity index (χ3v) is 3.54. The predicted octanol–water partition coefficient (Wildman–Crippen LogP) is 2.82. The van der Waals surface area contributed by atoms with Gasteiger partial charge in [-0.25, -0.2) is 0 Å². The molecule has 1 saturated carbocycles. The monoisotopic (exact) mass is 261 g/mol. The molecule has 0 bridgehead atoms. The van der Waals surface area contributed by atoms with Crippen molar-refractivity contribution in [3.8, 4) is 17.6 Å². The molecule has 102 valence electrons. The SMILES string of the molecule is COc1ccc(C(O)CC#N)cc1OCC1(C)CC1. The molecule has 0 aliphatic heterocycles. The lowest BCUT2D eigenvalue weighted by Gasteiger charge is -2.16. The van der Waals surface area contributed by atoms with E-state index in [9.17, 15) is 5.11 Å². The number of hydrogen-bond acceptors (Lipinski definition) is 4. The quantitative estimate of drug-likeness (QED) is 0.855. The highest BCUT2D eigenvalue weighted by molar-refractivity contribution is 5.43. The zero-order valence-electron chi connectivity index (χ0n) is 11.3. The first-order valence-corrected chi connectivity index (χ1v) is 6.44. The second kappa shape index (κ2) is 5.50. The van der Waals surface area contributed by atoms with Crippen molar-refractivity contribution in [2.45, 2.75) is 32.3 Å². The predicted molar refractivity (Wildman–Crippen MR) is 71.0 cm³/mol. The van der Waals surface area contributed by atoms with Crippen LogP contribution in [0.2, 0.25) is 0 Å². The van der Waals surface area contributed by atoms with E-state index in [1.165, 1.54) is 12.8 Å². The second-order valence-corrected chi connectivity index (χ2v) is 5.39. The summed E-state index contributed by atoms with van der Waals surface area (Å²) in [5.74, 6) is 1.28. The van der Waals surface area contributed by atoms with Gasteiger partial charge < -0.3 is 14.6 Å². The summed E-state index contributed by atoms with van der Waals surface area (Å²) in [6.45, 7) is 2.84. The first-order chi connectivity index (χ1) is 9.08. The lowest BCUT2D eigenvalue weighted by atomic mass is 10.1. The number of ether oxygens (including phenoxy) is 2. The Morgan fingerprint density at radius 3 is 2.74 bits per heavy atom. The molecule has 0 saturated heterocycles. The molecule has 1 aromatic rings. The minimum Gasteiger partial charge on any atom is -0.493 e. The van der Waals surface area contributed by atoms with Gasteiger partial charge in [-0.05, 0) is 30.5 Å². The van der Waals surface area contributed by atoms with Gasteiger partial charge in [0, 0.05) is 5.41 Å². The Morgan fingerprint density at radius 2 is 2.16 bits per heavy atom. The van der Waals surface area contributed by atoms with Crippen LogP contribution in [0.1, 0.15) is 37.9 Å². The van der Waals surface area contributed by atoms with Crippen LogP contribution < -0.4 is 9.47 Å². The lowest BCUT2D eigenvalue weighted by molar-refractivity contribution is 0.181. The molecule has 1 atom stereocenters. The number of hydrogen-bond donors (Lipinski definition) is 1. The van der Waals surface area contributed by atoms with Gasteiger partial charge in [0.1, 0.15) is 0 Å². The fourth-order valence-electron chi connectivity index (χ4n) is 1.83. The van der Waals surface area contributed by atoms with Gasteiger partial charge in [0.25, 0.3) is 0 Å². The molecule has 1 N–H and O–H groups in total. The first-order valence-electron chi connectivity index (χ1n) is 6.44. The van der Waals surface area contributed by atoms with E-state index in [1.54, 1.807) is 25.3 Å². The van der Waals surface area contributed by atoms with Crippen LogP contribution >= 0.6 is 0 Å². The molecule has 0 amide bonds. The van der Waals surface area contributed by atoms with Crippen LogP contribution in [0.5, 0.6) is 11.5 Å². The summed E-state index contributed by atoms with van der Waals surface area (Å²) >= 11 is 0. The molecule has 0 radical (unpaired) electrons. The van der Waals surface area contributed by atoms with Crippen molar-refractivity contribution in [3.05, 3.63) is 23.8 Å². The number of benzene rings is 1. The standard InChI is InChI=1S/C15H19NO3/c1-15(6-7-15)10-19-14-9-11(12(17)5-8-16)3-4-13(14)18-2/h3-4,9,12,17H,5-7,10H2,1-2H3. The highest BCUT2D eigenvalue weighted by atomic mass is 16.5. The van der Waals surface area contributed by atoms with Crippen LogP contribution in [0.15, 0.2) is 18.2 Å². The molecule has 4 nitrogen and oxygen atoms in total. The fourth-order valence-corrected chi connectivity index (χ4v) is 1.83. The maximum atomic E-state index is 9.83. The van der Waals surface area contributed by atoms with Gasteiger partial charge in [0.15, 0.2) is 11.5 Å². The van der Waals surface area contributed by atoms with E-state index in [0.717, 1.165) is 0 Å². The molecular weight excluding hydrogens is 242 g/mol. The minimum absolute atomic E-state index is 0.0729. The fraction of sp³-hybridized carbons (Fsp3) is 0.533. The molecule has 1 aromatic carbocycles. The van der Waals surface area contributed by atoms with Gasteiger partial charge in [-0.15, -0.1) is 0 Å². The highest BCUT2D eigenvalue weighted by Crippen LogP contribution is 2.45. The molecule has 2 rings (SSSR count). The second-order valence-electron chi connectivity index (χ2n) is 5.39. The van der Waals surface area contributed by atoms with Crippen LogP contribution in [0.3, 0.4) is 0 Å². The maximum Gasteiger partial charge on any atom is 0.161 e. The third-order valence-electron chi connectivity index (χ3n) is 3.54. The Hall–Kier alpha value is -1.73.